The van der Waals surface area contributed by atoms with Gasteiger partial charge in [-0.25, -0.2) is 4.39 Å². The fraction of sp³-hybridized carbons (Fsp3) is 0.238. The van der Waals surface area contributed by atoms with E-state index in [1.807, 2.05) is 0 Å². The summed E-state index contributed by atoms with van der Waals surface area (Å²) in [7, 11) is 1.35. The van der Waals surface area contributed by atoms with E-state index >= 15 is 0 Å². The standard InChI is InChI=1S/C21H19ClF3N3O3/c1-11-7-17(31-20(24)25)12(2)6-16(11)26-21-27-19(29)18(30-3)10-28(21)9-13-4-5-15(23)14(22)8-13/h4-8,10,20H,9H2,1-3H3,(H,26,27,29). The molecule has 1 N–H and O–H groups in total. The van der Waals surface area contributed by atoms with Crippen LogP contribution in [0.2, 0.25) is 5.02 Å². The molecule has 0 bridgehead atoms. The number of rotatable bonds is 7. The number of nitrogens with zero attached hydrogens (tertiary/aromatic N) is 2. The van der Waals surface area contributed by atoms with Gasteiger partial charge in [0, 0.05) is 5.69 Å². The van der Waals surface area contributed by atoms with Gasteiger partial charge in [0.25, 0.3) is 0 Å². The van der Waals surface area contributed by atoms with E-state index in [0.717, 1.165) is 0 Å². The summed E-state index contributed by atoms with van der Waals surface area (Å²) in [6, 6.07) is 7.35. The van der Waals surface area contributed by atoms with Gasteiger partial charge in [-0.05, 0) is 54.8 Å². The molecule has 0 aliphatic carbocycles. The van der Waals surface area contributed by atoms with Crippen molar-refractivity contribution < 1.29 is 22.6 Å². The van der Waals surface area contributed by atoms with Crippen LogP contribution in [0.4, 0.5) is 24.8 Å². The minimum atomic E-state index is -2.94. The third-order valence-corrected chi connectivity index (χ3v) is 4.79. The average molecular weight is 454 g/mol. The topological polar surface area (TPSA) is 65.4 Å². The third-order valence-electron chi connectivity index (χ3n) is 4.50. The van der Waals surface area contributed by atoms with Gasteiger partial charge in [0.1, 0.15) is 11.6 Å². The Balaban J connectivity index is 2.00. The van der Waals surface area contributed by atoms with Crippen LogP contribution in [0.15, 0.2) is 41.3 Å². The lowest BCUT2D eigenvalue weighted by Gasteiger charge is -2.18. The number of hydrogen-bond acceptors (Lipinski definition) is 5. The fourth-order valence-corrected chi connectivity index (χ4v) is 3.14. The number of benzene rings is 2. The summed E-state index contributed by atoms with van der Waals surface area (Å²) in [4.78, 5) is 16.3. The van der Waals surface area contributed by atoms with Crippen molar-refractivity contribution in [1.29, 1.82) is 0 Å². The van der Waals surface area contributed by atoms with E-state index in [1.165, 1.54) is 31.5 Å². The van der Waals surface area contributed by atoms with Gasteiger partial charge in [0.15, 0.2) is 0 Å². The second-order valence-corrected chi connectivity index (χ2v) is 7.16. The Hall–Kier alpha value is -3.20. The summed E-state index contributed by atoms with van der Waals surface area (Å²) in [6.45, 7) is 0.590. The van der Waals surface area contributed by atoms with Crippen LogP contribution in [0.5, 0.6) is 11.5 Å². The quantitative estimate of drug-likeness (QED) is 0.542. The third kappa shape index (κ3) is 5.29. The molecule has 0 atom stereocenters. The SMILES string of the molecule is COc1cn(Cc2ccc(F)c(Cl)c2)c(Nc2cc(C)c(OC(F)F)cc2C)nc1=O. The molecule has 6 nitrogen and oxygen atoms in total. The average Bonchev–Trinajstić information content (AvgIpc) is 2.70. The van der Waals surface area contributed by atoms with Gasteiger partial charge < -0.3 is 19.4 Å². The smallest absolute Gasteiger partial charge is 0.387 e. The van der Waals surface area contributed by atoms with Crippen molar-refractivity contribution in [2.75, 3.05) is 12.4 Å². The molecular weight excluding hydrogens is 435 g/mol. The predicted molar refractivity (Wildman–Crippen MR) is 111 cm³/mol. The first kappa shape index (κ1) is 22.5. The van der Waals surface area contributed by atoms with Crippen LogP contribution in [0.3, 0.4) is 0 Å². The Morgan fingerprint density at radius 1 is 1.16 bits per heavy atom. The molecule has 0 fully saturated rings. The van der Waals surface area contributed by atoms with E-state index in [4.69, 9.17) is 16.3 Å². The number of alkyl halides is 2. The highest BCUT2D eigenvalue weighted by Crippen LogP contribution is 2.29. The van der Waals surface area contributed by atoms with Gasteiger partial charge in [-0.3, -0.25) is 4.79 Å². The van der Waals surface area contributed by atoms with Crippen LogP contribution < -0.4 is 20.3 Å². The molecular formula is C21H19ClF3N3O3. The van der Waals surface area contributed by atoms with Crippen LogP contribution >= 0.6 is 11.6 Å². The van der Waals surface area contributed by atoms with Crippen molar-refractivity contribution in [3.05, 3.63) is 74.4 Å². The maximum Gasteiger partial charge on any atom is 0.387 e. The summed E-state index contributed by atoms with van der Waals surface area (Å²) >= 11 is 5.87. The van der Waals surface area contributed by atoms with Crippen LogP contribution in [-0.2, 0) is 6.54 Å². The largest absolute Gasteiger partial charge is 0.490 e. The van der Waals surface area contributed by atoms with E-state index in [9.17, 15) is 18.0 Å². The first-order valence-corrected chi connectivity index (χ1v) is 9.48. The molecule has 10 heteroatoms. The highest BCUT2D eigenvalue weighted by Gasteiger charge is 2.14. The lowest BCUT2D eigenvalue weighted by Crippen LogP contribution is -2.19. The molecule has 0 aliphatic rings. The van der Waals surface area contributed by atoms with Crippen LogP contribution in [0.1, 0.15) is 16.7 Å². The number of hydrogen-bond donors (Lipinski definition) is 1. The lowest BCUT2D eigenvalue weighted by molar-refractivity contribution is -0.0503. The molecule has 1 heterocycles. The second kappa shape index (κ2) is 9.30. The molecule has 2 aromatic carbocycles. The van der Waals surface area contributed by atoms with E-state index in [2.05, 4.69) is 15.0 Å². The summed E-state index contributed by atoms with van der Waals surface area (Å²) in [5.74, 6) is -0.292. The molecule has 0 aliphatic heterocycles. The van der Waals surface area contributed by atoms with E-state index < -0.39 is 18.0 Å². The van der Waals surface area contributed by atoms with E-state index in [-0.39, 0.29) is 29.0 Å². The zero-order chi connectivity index (χ0) is 22.7. The number of aromatic nitrogens is 2. The molecule has 164 valence electrons. The Labute approximate surface area is 181 Å². The van der Waals surface area contributed by atoms with Gasteiger partial charge in [-0.15, -0.1) is 0 Å². The summed E-state index contributed by atoms with van der Waals surface area (Å²) < 4.78 is 49.8. The van der Waals surface area contributed by atoms with Crippen molar-refractivity contribution in [2.45, 2.75) is 27.0 Å². The van der Waals surface area contributed by atoms with Gasteiger partial charge in [0.2, 0.25) is 11.7 Å². The number of ether oxygens (including phenoxy) is 2. The number of nitrogens with one attached hydrogen (secondary N) is 1. The summed E-state index contributed by atoms with van der Waals surface area (Å²) in [5.41, 5.74) is 1.69. The minimum absolute atomic E-state index is 0.0207. The Morgan fingerprint density at radius 3 is 2.55 bits per heavy atom. The predicted octanol–water partition coefficient (Wildman–Crippen LogP) is 5.05. The summed E-state index contributed by atoms with van der Waals surface area (Å²) in [6.07, 6.45) is 1.46. The molecule has 0 radical (unpaired) electrons. The zero-order valence-corrected chi connectivity index (χ0v) is 17.6. The van der Waals surface area contributed by atoms with Gasteiger partial charge in [-0.2, -0.15) is 13.8 Å². The Kier molecular flexibility index (Phi) is 6.74. The van der Waals surface area contributed by atoms with Gasteiger partial charge >= 0.3 is 12.2 Å². The van der Waals surface area contributed by atoms with Crippen molar-refractivity contribution in [3.63, 3.8) is 0 Å². The molecule has 0 amide bonds. The second-order valence-electron chi connectivity index (χ2n) is 6.75. The highest BCUT2D eigenvalue weighted by molar-refractivity contribution is 6.30. The lowest BCUT2D eigenvalue weighted by atomic mass is 10.1. The fourth-order valence-electron chi connectivity index (χ4n) is 2.94. The van der Waals surface area contributed by atoms with Gasteiger partial charge in [0.05, 0.1) is 24.9 Å². The monoisotopic (exact) mass is 453 g/mol. The van der Waals surface area contributed by atoms with Crippen molar-refractivity contribution in [3.8, 4) is 11.5 Å². The Bertz CT molecular complexity index is 1170. The molecule has 0 saturated carbocycles. The number of methoxy groups -OCH3 is 1. The van der Waals surface area contributed by atoms with Crippen molar-refractivity contribution in [1.82, 2.24) is 9.55 Å². The van der Waals surface area contributed by atoms with E-state index in [0.29, 0.717) is 22.4 Å². The maximum absolute atomic E-state index is 13.5. The minimum Gasteiger partial charge on any atom is -0.490 e. The van der Waals surface area contributed by atoms with Crippen LogP contribution in [0, 0.1) is 19.7 Å². The normalized spacial score (nSPS) is 11.0. The zero-order valence-electron chi connectivity index (χ0n) is 16.9. The molecule has 3 rings (SSSR count). The molecule has 0 saturated heterocycles. The van der Waals surface area contributed by atoms with E-state index in [1.54, 1.807) is 30.5 Å². The van der Waals surface area contributed by atoms with Crippen molar-refractivity contribution in [2.24, 2.45) is 0 Å². The molecule has 3 aromatic rings. The first-order chi connectivity index (χ1) is 14.7. The van der Waals surface area contributed by atoms with Crippen LogP contribution in [-0.4, -0.2) is 23.3 Å². The first-order valence-electron chi connectivity index (χ1n) is 9.10. The number of anilines is 2. The van der Waals surface area contributed by atoms with Crippen molar-refractivity contribution >= 4 is 23.2 Å². The van der Waals surface area contributed by atoms with Gasteiger partial charge in [-0.1, -0.05) is 17.7 Å². The molecule has 0 spiro atoms. The number of aryl methyl sites for hydroxylation is 2. The highest BCUT2D eigenvalue weighted by atomic mass is 35.5. The number of halogens is 4. The molecule has 1 aromatic heterocycles. The Morgan fingerprint density at radius 2 is 1.90 bits per heavy atom. The van der Waals surface area contributed by atoms with Crippen LogP contribution in [0.25, 0.3) is 0 Å². The molecule has 31 heavy (non-hydrogen) atoms. The summed E-state index contributed by atoms with van der Waals surface area (Å²) in [5, 5.41) is 3.01. The maximum atomic E-state index is 13.5. The molecule has 0 unspecified atom stereocenters.